The van der Waals surface area contributed by atoms with Crippen LogP contribution >= 0.6 is 45.2 Å². The van der Waals surface area contributed by atoms with Crippen LogP contribution in [0.25, 0.3) is 0 Å². The van der Waals surface area contributed by atoms with Crippen LogP contribution in [0.3, 0.4) is 0 Å². The summed E-state index contributed by atoms with van der Waals surface area (Å²) in [7, 11) is 0. The van der Waals surface area contributed by atoms with E-state index in [1.165, 1.54) is 29.3 Å². The minimum Gasteiger partial charge on any atom is -0.0654 e. The molecule has 2 heteroatoms. The molecular weight excluding hydrogens is 338 g/mol. The summed E-state index contributed by atoms with van der Waals surface area (Å²) in [5, 5.41) is 0. The Bertz CT molecular complexity index is 86.9. The molecule has 0 unspecified atom stereocenters. The molecule has 54 valence electrons. The fraction of sp³-hybridized carbons (Fsp3) is 0.714. The molecule has 0 aliphatic carbocycles. The molecule has 0 radical (unpaired) electrons. The van der Waals surface area contributed by atoms with Crippen molar-refractivity contribution in [1.82, 2.24) is 0 Å². The lowest BCUT2D eigenvalue weighted by molar-refractivity contribution is 0.728. The van der Waals surface area contributed by atoms with Crippen molar-refractivity contribution in [1.29, 1.82) is 0 Å². The quantitative estimate of drug-likeness (QED) is 0.525. The van der Waals surface area contributed by atoms with Crippen LogP contribution < -0.4 is 0 Å². The van der Waals surface area contributed by atoms with E-state index in [4.69, 9.17) is 0 Å². The molecule has 9 heavy (non-hydrogen) atoms. The van der Waals surface area contributed by atoms with Crippen LogP contribution in [0.5, 0.6) is 0 Å². The third kappa shape index (κ3) is 7.09. The van der Waals surface area contributed by atoms with Crippen molar-refractivity contribution < 1.29 is 0 Å². The highest BCUT2D eigenvalue weighted by molar-refractivity contribution is 14.1. The summed E-state index contributed by atoms with van der Waals surface area (Å²) in [4.78, 5) is 0. The van der Waals surface area contributed by atoms with Crippen LogP contribution in [0.2, 0.25) is 0 Å². The van der Waals surface area contributed by atoms with E-state index in [0.717, 1.165) is 0 Å². The Balaban J connectivity index is 3.07. The molecule has 0 aliphatic heterocycles. The third-order valence-corrected chi connectivity index (χ3v) is 3.93. The van der Waals surface area contributed by atoms with Gasteiger partial charge < -0.3 is 0 Å². The zero-order valence-corrected chi connectivity index (χ0v) is 9.98. The summed E-state index contributed by atoms with van der Waals surface area (Å²) < 4.78 is 3.65. The van der Waals surface area contributed by atoms with Crippen molar-refractivity contribution in [3.05, 3.63) is 7.66 Å². The van der Waals surface area contributed by atoms with Crippen LogP contribution in [0.1, 0.15) is 32.6 Å². The summed E-state index contributed by atoms with van der Waals surface area (Å²) in [5.41, 5.74) is 0. The lowest BCUT2D eigenvalue weighted by Crippen LogP contribution is -1.73. The minimum atomic E-state index is 1.28. The van der Waals surface area contributed by atoms with Gasteiger partial charge in [0.15, 0.2) is 0 Å². The molecule has 0 N–H and O–H groups in total. The highest BCUT2D eigenvalue weighted by Crippen LogP contribution is 2.16. The lowest BCUT2D eigenvalue weighted by atomic mass is 10.2. The standard InChI is InChI=1S/C7H12I2/c1-2-3-4-5-7(9)6-8/h6H,2-5H2,1H3/b7-6-. The number of allylic oxidation sites excluding steroid dienone is 1. The molecule has 0 amide bonds. The van der Waals surface area contributed by atoms with Gasteiger partial charge in [-0.1, -0.05) is 42.4 Å². The molecule has 0 atom stereocenters. The van der Waals surface area contributed by atoms with Gasteiger partial charge in [-0.2, -0.15) is 0 Å². The average molecular weight is 350 g/mol. The molecule has 0 rings (SSSR count). The first-order chi connectivity index (χ1) is 4.31. The first-order valence-corrected chi connectivity index (χ1v) is 5.58. The summed E-state index contributed by atoms with van der Waals surface area (Å²) in [6.07, 6.45) is 5.33. The smallest absolute Gasteiger partial charge is 0.00335 e. The molecule has 0 fully saturated rings. The summed E-state index contributed by atoms with van der Waals surface area (Å²) in [5.74, 6) is 0. The molecule has 0 bridgehead atoms. The molecule has 0 aromatic carbocycles. The van der Waals surface area contributed by atoms with Crippen molar-refractivity contribution in [3.63, 3.8) is 0 Å². The van der Waals surface area contributed by atoms with Gasteiger partial charge in [0.25, 0.3) is 0 Å². The van der Waals surface area contributed by atoms with Gasteiger partial charge in [-0.3, -0.25) is 0 Å². The van der Waals surface area contributed by atoms with Gasteiger partial charge in [0.1, 0.15) is 0 Å². The highest BCUT2D eigenvalue weighted by atomic mass is 127. The fourth-order valence-corrected chi connectivity index (χ4v) is 1.29. The van der Waals surface area contributed by atoms with Gasteiger partial charge in [-0.15, -0.1) is 0 Å². The number of hydrogen-bond donors (Lipinski definition) is 0. The second kappa shape index (κ2) is 7.31. The number of rotatable bonds is 4. The van der Waals surface area contributed by atoms with Crippen LogP contribution in [0.4, 0.5) is 0 Å². The highest BCUT2D eigenvalue weighted by Gasteiger charge is 1.88. The van der Waals surface area contributed by atoms with Crippen molar-refractivity contribution in [2.24, 2.45) is 0 Å². The Labute approximate surface area is 84.8 Å². The molecule has 0 saturated heterocycles. The zero-order chi connectivity index (χ0) is 7.11. The van der Waals surface area contributed by atoms with Gasteiger partial charge in [0.05, 0.1) is 0 Å². The predicted octanol–water partition coefficient (Wildman–Crippen LogP) is 4.28. The molecular formula is C7H12I2. The van der Waals surface area contributed by atoms with E-state index in [1.807, 2.05) is 0 Å². The Morgan fingerprint density at radius 1 is 1.44 bits per heavy atom. The van der Waals surface area contributed by atoms with Gasteiger partial charge in [0, 0.05) is 0 Å². The third-order valence-electron chi connectivity index (χ3n) is 1.14. The van der Waals surface area contributed by atoms with Crippen molar-refractivity contribution in [2.75, 3.05) is 0 Å². The van der Waals surface area contributed by atoms with E-state index < -0.39 is 0 Å². The molecule has 0 aromatic heterocycles. The van der Waals surface area contributed by atoms with Gasteiger partial charge in [-0.05, 0) is 43.1 Å². The SMILES string of the molecule is CCCCC/C(I)=C/I. The largest absolute Gasteiger partial charge is 0.0654 e. The van der Waals surface area contributed by atoms with Crippen molar-refractivity contribution >= 4 is 45.2 Å². The first kappa shape index (κ1) is 10.2. The summed E-state index contributed by atoms with van der Waals surface area (Å²) >= 11 is 4.69. The van der Waals surface area contributed by atoms with Gasteiger partial charge in [-0.25, -0.2) is 0 Å². The lowest BCUT2D eigenvalue weighted by Gasteiger charge is -1.94. The molecule has 0 aliphatic rings. The Kier molecular flexibility index (Phi) is 8.28. The Morgan fingerprint density at radius 3 is 2.56 bits per heavy atom. The van der Waals surface area contributed by atoms with Crippen molar-refractivity contribution in [3.8, 4) is 0 Å². The molecule has 0 nitrogen and oxygen atoms in total. The van der Waals surface area contributed by atoms with E-state index >= 15 is 0 Å². The number of halogens is 2. The van der Waals surface area contributed by atoms with Gasteiger partial charge >= 0.3 is 0 Å². The summed E-state index contributed by atoms with van der Waals surface area (Å²) in [6.45, 7) is 2.24. The van der Waals surface area contributed by atoms with E-state index in [9.17, 15) is 0 Å². The molecule has 0 spiro atoms. The van der Waals surface area contributed by atoms with E-state index in [-0.39, 0.29) is 0 Å². The minimum absolute atomic E-state index is 1.28. The molecule has 0 aromatic rings. The van der Waals surface area contributed by atoms with Crippen LogP contribution in [0.15, 0.2) is 7.66 Å². The number of hydrogen-bond acceptors (Lipinski definition) is 0. The van der Waals surface area contributed by atoms with E-state index in [0.29, 0.717) is 0 Å². The predicted molar refractivity (Wildman–Crippen MR) is 60.3 cm³/mol. The normalized spacial score (nSPS) is 12.1. The molecule has 0 saturated carbocycles. The van der Waals surface area contributed by atoms with Crippen LogP contribution in [0, 0.1) is 0 Å². The molecule has 0 heterocycles. The monoisotopic (exact) mass is 350 g/mol. The maximum absolute atomic E-state index is 2.40. The second-order valence-electron chi connectivity index (χ2n) is 2.01. The van der Waals surface area contributed by atoms with E-state index in [2.05, 4.69) is 56.2 Å². The fourth-order valence-electron chi connectivity index (χ4n) is 0.598. The first-order valence-electron chi connectivity index (χ1n) is 3.26. The Morgan fingerprint density at radius 2 is 2.11 bits per heavy atom. The Hall–Kier alpha value is 1.20. The van der Waals surface area contributed by atoms with Crippen LogP contribution in [-0.4, -0.2) is 0 Å². The zero-order valence-electron chi connectivity index (χ0n) is 5.66. The average Bonchev–Trinajstić information content (AvgIpc) is 1.89. The topological polar surface area (TPSA) is 0 Å². The van der Waals surface area contributed by atoms with Gasteiger partial charge in [0.2, 0.25) is 0 Å². The number of unbranched alkanes of at least 4 members (excludes halogenated alkanes) is 2. The van der Waals surface area contributed by atoms with Crippen molar-refractivity contribution in [2.45, 2.75) is 32.6 Å². The maximum Gasteiger partial charge on any atom is -0.00335 e. The summed E-state index contributed by atoms with van der Waals surface area (Å²) in [6, 6.07) is 0. The van der Waals surface area contributed by atoms with Crippen LogP contribution in [-0.2, 0) is 0 Å². The van der Waals surface area contributed by atoms with E-state index in [1.54, 1.807) is 0 Å². The maximum atomic E-state index is 2.40. The second-order valence-corrected chi connectivity index (χ2v) is 4.02.